The van der Waals surface area contributed by atoms with Crippen LogP contribution in [0.2, 0.25) is 0 Å². The Hall–Kier alpha value is -2.56. The molecule has 1 amide bonds. The number of nitrogens with two attached hydrogens (primary N) is 1. The Morgan fingerprint density at radius 2 is 1.88 bits per heavy atom. The van der Waals surface area contributed by atoms with Gasteiger partial charge < -0.3 is 15.8 Å². The maximum absolute atomic E-state index is 12.9. The van der Waals surface area contributed by atoms with Crippen molar-refractivity contribution in [2.45, 2.75) is 38.3 Å². The molecule has 24 heavy (non-hydrogen) atoms. The summed E-state index contributed by atoms with van der Waals surface area (Å²) < 4.78 is 18.5. The highest BCUT2D eigenvalue weighted by Crippen LogP contribution is 2.24. The average Bonchev–Trinajstić information content (AvgIpc) is 3.37. The van der Waals surface area contributed by atoms with Crippen molar-refractivity contribution in [3.8, 4) is 5.75 Å². The Morgan fingerprint density at radius 3 is 2.54 bits per heavy atom. The number of nitrogen functional groups attached to an aromatic ring is 1. The summed E-state index contributed by atoms with van der Waals surface area (Å²) in [5.41, 5.74) is 8.44. The van der Waals surface area contributed by atoms with E-state index in [9.17, 15) is 9.18 Å². The van der Waals surface area contributed by atoms with Gasteiger partial charge in [0.25, 0.3) is 0 Å². The van der Waals surface area contributed by atoms with Crippen molar-refractivity contribution in [3.63, 3.8) is 0 Å². The van der Waals surface area contributed by atoms with E-state index in [1.165, 1.54) is 12.1 Å². The van der Waals surface area contributed by atoms with Gasteiger partial charge in [-0.2, -0.15) is 0 Å². The zero-order valence-corrected chi connectivity index (χ0v) is 13.4. The second kappa shape index (κ2) is 7.34. The van der Waals surface area contributed by atoms with Crippen LogP contribution >= 0.6 is 0 Å². The summed E-state index contributed by atoms with van der Waals surface area (Å²) in [5.74, 6) is 0.409. The lowest BCUT2D eigenvalue weighted by atomic mass is 10.1. The topological polar surface area (TPSA) is 64.4 Å². The number of benzene rings is 2. The minimum atomic E-state index is -0.270. The van der Waals surface area contributed by atoms with Crippen LogP contribution in [0.25, 0.3) is 0 Å². The van der Waals surface area contributed by atoms with Crippen LogP contribution in [0.15, 0.2) is 42.5 Å². The molecule has 0 saturated heterocycles. The zero-order valence-electron chi connectivity index (χ0n) is 13.4. The third kappa shape index (κ3) is 4.72. The van der Waals surface area contributed by atoms with E-state index in [0.29, 0.717) is 36.9 Å². The highest BCUT2D eigenvalue weighted by Gasteiger charge is 2.22. The second-order valence-corrected chi connectivity index (χ2v) is 6.13. The third-order valence-electron chi connectivity index (χ3n) is 3.96. The highest BCUT2D eigenvalue weighted by atomic mass is 19.1. The van der Waals surface area contributed by atoms with Crippen LogP contribution in [-0.2, 0) is 17.8 Å². The van der Waals surface area contributed by atoms with E-state index >= 15 is 0 Å². The summed E-state index contributed by atoms with van der Waals surface area (Å²) in [7, 11) is 0. The van der Waals surface area contributed by atoms with Crippen molar-refractivity contribution in [2.24, 2.45) is 0 Å². The van der Waals surface area contributed by atoms with E-state index in [4.69, 9.17) is 10.5 Å². The summed E-state index contributed by atoms with van der Waals surface area (Å²) in [6.45, 7) is 0.327. The molecule has 1 saturated carbocycles. The normalized spacial score (nSPS) is 13.5. The lowest BCUT2D eigenvalue weighted by Gasteiger charge is -2.11. The van der Waals surface area contributed by atoms with Crippen LogP contribution in [0.3, 0.4) is 0 Å². The van der Waals surface area contributed by atoms with Gasteiger partial charge in [-0.3, -0.25) is 4.79 Å². The van der Waals surface area contributed by atoms with Crippen molar-refractivity contribution in [1.82, 2.24) is 5.32 Å². The van der Waals surface area contributed by atoms with E-state index in [0.717, 1.165) is 24.0 Å². The van der Waals surface area contributed by atoms with Crippen LogP contribution in [0.1, 0.15) is 30.4 Å². The van der Waals surface area contributed by atoms with Gasteiger partial charge >= 0.3 is 0 Å². The Bertz CT molecular complexity index is 712. The standard InChI is InChI=1S/C19H21FN2O2/c20-15-5-1-14(2-6-15)12-24-18-9-3-13(11-17(18)21)4-10-19(23)22-16-7-8-16/h1-3,5-6,9,11,16H,4,7-8,10,12,21H2,(H,22,23). The van der Waals surface area contributed by atoms with Crippen molar-refractivity contribution < 1.29 is 13.9 Å². The number of hydrogen-bond donors (Lipinski definition) is 2. The molecule has 2 aromatic rings. The maximum atomic E-state index is 12.9. The molecule has 0 radical (unpaired) electrons. The highest BCUT2D eigenvalue weighted by molar-refractivity contribution is 5.76. The van der Waals surface area contributed by atoms with Crippen LogP contribution in [0, 0.1) is 5.82 Å². The molecule has 0 spiro atoms. The second-order valence-electron chi connectivity index (χ2n) is 6.13. The molecule has 3 N–H and O–H groups in total. The van der Waals surface area contributed by atoms with Crippen LogP contribution in [0.5, 0.6) is 5.75 Å². The number of anilines is 1. The Kier molecular flexibility index (Phi) is 4.99. The van der Waals surface area contributed by atoms with E-state index in [1.807, 2.05) is 18.2 Å². The van der Waals surface area contributed by atoms with Gasteiger partial charge in [0.15, 0.2) is 0 Å². The maximum Gasteiger partial charge on any atom is 0.220 e. The molecular formula is C19H21FN2O2. The molecule has 3 rings (SSSR count). The van der Waals surface area contributed by atoms with Gasteiger partial charge in [-0.05, 0) is 54.7 Å². The molecule has 1 fully saturated rings. The molecule has 5 heteroatoms. The fourth-order valence-corrected chi connectivity index (χ4v) is 2.41. The van der Waals surface area contributed by atoms with Gasteiger partial charge in [0.1, 0.15) is 18.2 Å². The summed E-state index contributed by atoms with van der Waals surface area (Å²) in [4.78, 5) is 11.7. The Morgan fingerprint density at radius 1 is 1.17 bits per heavy atom. The predicted molar refractivity (Wildman–Crippen MR) is 91.1 cm³/mol. The Balaban J connectivity index is 1.51. The first-order chi connectivity index (χ1) is 11.6. The van der Waals surface area contributed by atoms with Gasteiger partial charge in [-0.25, -0.2) is 4.39 Å². The van der Waals surface area contributed by atoms with E-state index in [2.05, 4.69) is 5.32 Å². The molecule has 0 bridgehead atoms. The number of carbonyl (C=O) groups excluding carboxylic acids is 1. The summed E-state index contributed by atoms with van der Waals surface area (Å²) in [6, 6.07) is 12.1. The minimum Gasteiger partial charge on any atom is -0.487 e. The molecule has 126 valence electrons. The smallest absolute Gasteiger partial charge is 0.220 e. The number of nitrogens with one attached hydrogen (secondary N) is 1. The zero-order chi connectivity index (χ0) is 16.9. The summed E-state index contributed by atoms with van der Waals surface area (Å²) in [5, 5.41) is 2.97. The SMILES string of the molecule is Nc1cc(CCC(=O)NC2CC2)ccc1OCc1ccc(F)cc1. The predicted octanol–water partition coefficient (Wildman–Crippen LogP) is 3.20. The van der Waals surface area contributed by atoms with Crippen molar-refractivity contribution in [2.75, 3.05) is 5.73 Å². The number of carbonyl (C=O) groups is 1. The van der Waals surface area contributed by atoms with E-state index < -0.39 is 0 Å². The molecule has 0 aromatic heterocycles. The fourth-order valence-electron chi connectivity index (χ4n) is 2.41. The number of ether oxygens (including phenoxy) is 1. The van der Waals surface area contributed by atoms with Crippen molar-refractivity contribution >= 4 is 11.6 Å². The fraction of sp³-hybridized carbons (Fsp3) is 0.316. The molecule has 0 heterocycles. The quantitative estimate of drug-likeness (QED) is 0.767. The number of rotatable bonds is 7. The minimum absolute atomic E-state index is 0.0905. The van der Waals surface area contributed by atoms with Crippen LogP contribution < -0.4 is 15.8 Å². The molecular weight excluding hydrogens is 307 g/mol. The molecule has 4 nitrogen and oxygen atoms in total. The molecule has 0 unspecified atom stereocenters. The largest absolute Gasteiger partial charge is 0.487 e. The summed E-state index contributed by atoms with van der Waals surface area (Å²) in [6.07, 6.45) is 3.31. The van der Waals surface area contributed by atoms with Gasteiger partial charge in [0.2, 0.25) is 5.91 Å². The third-order valence-corrected chi connectivity index (χ3v) is 3.96. The van der Waals surface area contributed by atoms with Crippen molar-refractivity contribution in [1.29, 1.82) is 0 Å². The van der Waals surface area contributed by atoms with Crippen molar-refractivity contribution in [3.05, 3.63) is 59.4 Å². The summed E-state index contributed by atoms with van der Waals surface area (Å²) >= 11 is 0. The number of amides is 1. The molecule has 0 aliphatic heterocycles. The first-order valence-corrected chi connectivity index (χ1v) is 8.15. The van der Waals surface area contributed by atoms with E-state index in [-0.39, 0.29) is 11.7 Å². The average molecular weight is 328 g/mol. The first-order valence-electron chi connectivity index (χ1n) is 8.15. The van der Waals surface area contributed by atoms with Crippen LogP contribution in [0.4, 0.5) is 10.1 Å². The first kappa shape index (κ1) is 16.3. The molecule has 0 atom stereocenters. The molecule has 1 aliphatic carbocycles. The van der Waals surface area contributed by atoms with Gasteiger partial charge in [-0.1, -0.05) is 18.2 Å². The molecule has 2 aromatic carbocycles. The monoisotopic (exact) mass is 328 g/mol. The molecule has 1 aliphatic rings. The number of hydrogen-bond acceptors (Lipinski definition) is 3. The van der Waals surface area contributed by atoms with E-state index in [1.54, 1.807) is 12.1 Å². The lowest BCUT2D eigenvalue weighted by molar-refractivity contribution is -0.121. The van der Waals surface area contributed by atoms with Gasteiger partial charge in [-0.15, -0.1) is 0 Å². The lowest BCUT2D eigenvalue weighted by Crippen LogP contribution is -2.25. The van der Waals surface area contributed by atoms with Gasteiger partial charge in [0, 0.05) is 12.5 Å². The number of halogens is 1. The Labute approximate surface area is 140 Å². The van der Waals surface area contributed by atoms with Gasteiger partial charge in [0.05, 0.1) is 5.69 Å². The van der Waals surface area contributed by atoms with Crippen LogP contribution in [-0.4, -0.2) is 11.9 Å². The number of aryl methyl sites for hydroxylation is 1.